The zero-order valence-corrected chi connectivity index (χ0v) is 21.0. The van der Waals surface area contributed by atoms with Crippen LogP contribution in [0, 0.1) is 0 Å². The van der Waals surface area contributed by atoms with E-state index in [9.17, 15) is 4.79 Å². The zero-order chi connectivity index (χ0) is 23.9. The number of rotatable bonds is 17. The van der Waals surface area contributed by atoms with Crippen molar-refractivity contribution in [3.8, 4) is 17.2 Å². The lowest BCUT2D eigenvalue weighted by atomic mass is 10.1. The Morgan fingerprint density at radius 3 is 1.59 bits per heavy atom. The molecule has 0 spiro atoms. The zero-order valence-electron chi connectivity index (χ0n) is 21.0. The molecule has 0 heterocycles. The predicted octanol–water partition coefficient (Wildman–Crippen LogP) is 7.66. The van der Waals surface area contributed by atoms with E-state index in [2.05, 4.69) is 41.5 Å². The first kappa shape index (κ1) is 27.9. The van der Waals surface area contributed by atoms with Crippen LogP contribution in [0.3, 0.4) is 0 Å². The number of unbranched alkanes of at least 4 members (excludes halogenated alkanes) is 3. The van der Waals surface area contributed by atoms with E-state index in [1.165, 1.54) is 0 Å². The van der Waals surface area contributed by atoms with Gasteiger partial charge < -0.3 is 19.3 Å². The van der Waals surface area contributed by atoms with Crippen molar-refractivity contribution in [2.45, 2.75) is 118 Å². The second-order valence-corrected chi connectivity index (χ2v) is 8.73. The number of aliphatic carboxylic acids is 1. The smallest absolute Gasteiger partial charge is 0.328 e. The van der Waals surface area contributed by atoms with Gasteiger partial charge in [-0.3, -0.25) is 0 Å². The van der Waals surface area contributed by atoms with Crippen molar-refractivity contribution < 1.29 is 24.1 Å². The molecule has 0 aliphatic rings. The molecule has 0 radical (unpaired) electrons. The van der Waals surface area contributed by atoms with Gasteiger partial charge in [-0.05, 0) is 63.8 Å². The third kappa shape index (κ3) is 10.9. The van der Waals surface area contributed by atoms with Gasteiger partial charge in [0, 0.05) is 6.08 Å². The van der Waals surface area contributed by atoms with Gasteiger partial charge in [-0.2, -0.15) is 0 Å². The van der Waals surface area contributed by atoms with Crippen LogP contribution < -0.4 is 14.2 Å². The molecule has 1 rings (SSSR count). The van der Waals surface area contributed by atoms with Crippen LogP contribution in [0.5, 0.6) is 17.2 Å². The minimum absolute atomic E-state index is 0.0207. The molecule has 5 nitrogen and oxygen atoms in total. The van der Waals surface area contributed by atoms with Crippen molar-refractivity contribution >= 4 is 12.0 Å². The summed E-state index contributed by atoms with van der Waals surface area (Å²) in [6.07, 6.45) is 12.2. The molecule has 0 aliphatic heterocycles. The van der Waals surface area contributed by atoms with Crippen LogP contribution in [0.2, 0.25) is 0 Å². The Bertz CT molecular complexity index is 660. The molecule has 3 atom stereocenters. The highest BCUT2D eigenvalue weighted by Gasteiger charge is 2.21. The van der Waals surface area contributed by atoms with Crippen LogP contribution in [-0.4, -0.2) is 29.4 Å². The molecule has 1 aromatic carbocycles. The highest BCUT2D eigenvalue weighted by Crippen LogP contribution is 2.42. The Kier molecular flexibility index (Phi) is 13.6. The molecule has 1 N–H and O–H groups in total. The monoisotopic (exact) mass is 448 g/mol. The van der Waals surface area contributed by atoms with Gasteiger partial charge in [0.25, 0.3) is 0 Å². The molecule has 0 amide bonds. The number of carboxylic acid groups (broad SMARTS) is 1. The fourth-order valence-corrected chi connectivity index (χ4v) is 3.44. The molecule has 182 valence electrons. The second kappa shape index (κ2) is 15.6. The molecule has 0 aliphatic carbocycles. The number of hydrogen-bond acceptors (Lipinski definition) is 4. The Morgan fingerprint density at radius 2 is 1.22 bits per heavy atom. The maximum Gasteiger partial charge on any atom is 0.328 e. The predicted molar refractivity (Wildman–Crippen MR) is 132 cm³/mol. The van der Waals surface area contributed by atoms with Gasteiger partial charge in [-0.1, -0.05) is 59.3 Å². The van der Waals surface area contributed by atoms with Gasteiger partial charge in [0.1, 0.15) is 0 Å². The summed E-state index contributed by atoms with van der Waals surface area (Å²) in [5, 5.41) is 9.08. The van der Waals surface area contributed by atoms with E-state index >= 15 is 0 Å². The van der Waals surface area contributed by atoms with E-state index < -0.39 is 5.97 Å². The van der Waals surface area contributed by atoms with Crippen LogP contribution in [0.4, 0.5) is 0 Å². The van der Waals surface area contributed by atoms with E-state index in [-0.39, 0.29) is 18.3 Å². The van der Waals surface area contributed by atoms with Crippen LogP contribution in [0.1, 0.15) is 105 Å². The topological polar surface area (TPSA) is 65.0 Å². The molecule has 0 saturated carbocycles. The van der Waals surface area contributed by atoms with E-state index in [0.717, 1.165) is 69.4 Å². The standard InChI is InChI=1S/C27H44O5/c1-7-10-13-20(4)30-24-18-23(16-17-26(28)29)19-25(31-21(5)14-11-8-2)27(24)32-22(6)15-12-9-3/h16-22H,7-15H2,1-6H3,(H,28,29)/b17-16+. The summed E-state index contributed by atoms with van der Waals surface area (Å²) < 4.78 is 19.0. The molecular formula is C27H44O5. The molecule has 5 heteroatoms. The van der Waals surface area contributed by atoms with Crippen LogP contribution in [0.15, 0.2) is 18.2 Å². The largest absolute Gasteiger partial charge is 0.487 e. The summed E-state index contributed by atoms with van der Waals surface area (Å²) in [5.74, 6) is 0.855. The molecule has 1 aromatic rings. The SMILES string of the molecule is CCCCC(C)Oc1cc(/C=C/C(=O)O)cc(OC(C)CCCC)c1OC(C)CCCC. The Hall–Kier alpha value is -2.17. The average molecular weight is 449 g/mol. The van der Waals surface area contributed by atoms with E-state index in [0.29, 0.717) is 17.2 Å². The lowest BCUT2D eigenvalue weighted by Crippen LogP contribution is -2.18. The van der Waals surface area contributed by atoms with E-state index in [4.69, 9.17) is 19.3 Å². The minimum Gasteiger partial charge on any atom is -0.487 e. The third-order valence-corrected chi connectivity index (χ3v) is 5.33. The van der Waals surface area contributed by atoms with Crippen molar-refractivity contribution in [2.24, 2.45) is 0 Å². The molecule has 0 aromatic heterocycles. The molecule has 0 fully saturated rings. The number of carbonyl (C=O) groups is 1. The highest BCUT2D eigenvalue weighted by atomic mass is 16.6. The number of ether oxygens (including phenoxy) is 3. The maximum atomic E-state index is 11.1. The molecule has 32 heavy (non-hydrogen) atoms. The summed E-state index contributed by atoms with van der Waals surface area (Å²) in [5.41, 5.74) is 0.719. The van der Waals surface area contributed by atoms with E-state index in [1.807, 2.05) is 12.1 Å². The fraction of sp³-hybridized carbons (Fsp3) is 0.667. The number of benzene rings is 1. The van der Waals surface area contributed by atoms with Gasteiger partial charge in [0.15, 0.2) is 11.5 Å². The van der Waals surface area contributed by atoms with Crippen molar-refractivity contribution in [2.75, 3.05) is 0 Å². The van der Waals surface area contributed by atoms with Gasteiger partial charge in [-0.15, -0.1) is 0 Å². The Labute approximate surface area is 195 Å². The second-order valence-electron chi connectivity index (χ2n) is 8.73. The lowest BCUT2D eigenvalue weighted by Gasteiger charge is -2.25. The Morgan fingerprint density at radius 1 is 0.812 bits per heavy atom. The normalized spacial score (nSPS) is 14.2. The van der Waals surface area contributed by atoms with Crippen LogP contribution in [0.25, 0.3) is 6.08 Å². The van der Waals surface area contributed by atoms with E-state index in [1.54, 1.807) is 6.08 Å². The Balaban J connectivity index is 3.36. The molecule has 0 bridgehead atoms. The lowest BCUT2D eigenvalue weighted by molar-refractivity contribution is -0.131. The van der Waals surface area contributed by atoms with Crippen molar-refractivity contribution in [1.82, 2.24) is 0 Å². The molecule has 0 saturated heterocycles. The van der Waals surface area contributed by atoms with Crippen LogP contribution in [-0.2, 0) is 4.79 Å². The summed E-state index contributed by atoms with van der Waals surface area (Å²) in [7, 11) is 0. The summed E-state index contributed by atoms with van der Waals surface area (Å²) in [4.78, 5) is 11.1. The van der Waals surface area contributed by atoms with Gasteiger partial charge in [0.05, 0.1) is 18.3 Å². The van der Waals surface area contributed by atoms with Gasteiger partial charge >= 0.3 is 5.97 Å². The summed E-state index contributed by atoms with van der Waals surface area (Å²) in [6.45, 7) is 12.7. The van der Waals surface area contributed by atoms with Crippen LogP contribution >= 0.6 is 0 Å². The first-order valence-electron chi connectivity index (χ1n) is 12.4. The maximum absolute atomic E-state index is 11.1. The first-order chi connectivity index (χ1) is 15.3. The van der Waals surface area contributed by atoms with Gasteiger partial charge in [0.2, 0.25) is 5.75 Å². The van der Waals surface area contributed by atoms with Crippen molar-refractivity contribution in [3.63, 3.8) is 0 Å². The average Bonchev–Trinajstić information content (AvgIpc) is 2.75. The summed E-state index contributed by atoms with van der Waals surface area (Å²) >= 11 is 0. The number of hydrogen-bond donors (Lipinski definition) is 1. The first-order valence-corrected chi connectivity index (χ1v) is 12.4. The van der Waals surface area contributed by atoms with Gasteiger partial charge in [-0.25, -0.2) is 4.79 Å². The van der Waals surface area contributed by atoms with Crippen molar-refractivity contribution in [3.05, 3.63) is 23.8 Å². The minimum atomic E-state index is -0.990. The third-order valence-electron chi connectivity index (χ3n) is 5.33. The quantitative estimate of drug-likeness (QED) is 0.248. The molecular weight excluding hydrogens is 404 g/mol. The highest BCUT2D eigenvalue weighted by molar-refractivity contribution is 5.85. The summed E-state index contributed by atoms with van der Waals surface area (Å²) in [6, 6.07) is 3.71. The molecule has 3 unspecified atom stereocenters. The van der Waals surface area contributed by atoms with Crippen molar-refractivity contribution in [1.29, 1.82) is 0 Å². The number of carboxylic acids is 1. The fourth-order valence-electron chi connectivity index (χ4n) is 3.44.